The van der Waals surface area contributed by atoms with Gasteiger partial charge in [0, 0.05) is 24.9 Å². The van der Waals surface area contributed by atoms with Gasteiger partial charge in [-0.1, -0.05) is 30.3 Å². The van der Waals surface area contributed by atoms with Crippen molar-refractivity contribution in [1.29, 1.82) is 0 Å². The highest BCUT2D eigenvalue weighted by Crippen LogP contribution is 2.24. The van der Waals surface area contributed by atoms with Crippen LogP contribution in [-0.4, -0.2) is 29.1 Å². The molecule has 1 aromatic heterocycles. The molecule has 25 heavy (non-hydrogen) atoms. The summed E-state index contributed by atoms with van der Waals surface area (Å²) in [6, 6.07) is 13.5. The van der Waals surface area contributed by atoms with Crippen molar-refractivity contribution in [3.63, 3.8) is 0 Å². The summed E-state index contributed by atoms with van der Waals surface area (Å²) in [5, 5.41) is 3.07. The zero-order valence-corrected chi connectivity index (χ0v) is 14.7. The Balaban J connectivity index is 1.53. The minimum absolute atomic E-state index is 0.107. The van der Waals surface area contributed by atoms with Crippen LogP contribution in [0.15, 0.2) is 48.7 Å². The predicted octanol–water partition coefficient (Wildman–Crippen LogP) is 3.35. The molecule has 0 saturated carbocycles. The number of carbonyl (C=O) groups is 1. The first-order valence-electron chi connectivity index (χ1n) is 8.59. The second-order valence-corrected chi connectivity index (χ2v) is 6.93. The normalized spacial score (nSPS) is 19.2. The minimum Gasteiger partial charge on any atom is -0.473 e. The number of amides is 1. The lowest BCUT2D eigenvalue weighted by atomic mass is 9.94. The second-order valence-electron chi connectivity index (χ2n) is 6.93. The predicted molar refractivity (Wildman–Crippen MR) is 95.5 cm³/mol. The smallest absolute Gasteiger partial charge is 0.253 e. The van der Waals surface area contributed by atoms with Crippen LogP contribution in [0, 0.1) is 0 Å². The lowest BCUT2D eigenvalue weighted by Gasteiger charge is -2.35. The van der Waals surface area contributed by atoms with Gasteiger partial charge in [-0.3, -0.25) is 4.79 Å². The molecule has 0 bridgehead atoms. The van der Waals surface area contributed by atoms with Crippen LogP contribution in [0.2, 0.25) is 0 Å². The van der Waals surface area contributed by atoms with E-state index in [4.69, 9.17) is 9.47 Å². The van der Waals surface area contributed by atoms with Crippen molar-refractivity contribution in [2.45, 2.75) is 44.9 Å². The topological polar surface area (TPSA) is 60.5 Å². The minimum atomic E-state index is -0.191. The third-order valence-electron chi connectivity index (χ3n) is 4.26. The molecule has 1 aliphatic heterocycles. The van der Waals surface area contributed by atoms with E-state index in [1.54, 1.807) is 18.3 Å². The number of hydrogen-bond acceptors (Lipinski definition) is 4. The fourth-order valence-electron chi connectivity index (χ4n) is 2.96. The van der Waals surface area contributed by atoms with E-state index in [1.165, 1.54) is 0 Å². The van der Waals surface area contributed by atoms with Gasteiger partial charge in [0.05, 0.1) is 11.2 Å². The van der Waals surface area contributed by atoms with Gasteiger partial charge >= 0.3 is 0 Å². The molecule has 1 amide bonds. The van der Waals surface area contributed by atoms with Crippen LogP contribution in [-0.2, 0) is 11.3 Å². The summed E-state index contributed by atoms with van der Waals surface area (Å²) in [7, 11) is 0. The van der Waals surface area contributed by atoms with Gasteiger partial charge in [-0.15, -0.1) is 0 Å². The van der Waals surface area contributed by atoms with Crippen LogP contribution in [0.25, 0.3) is 0 Å². The zero-order valence-electron chi connectivity index (χ0n) is 14.7. The average molecular weight is 340 g/mol. The van der Waals surface area contributed by atoms with Gasteiger partial charge in [-0.25, -0.2) is 4.98 Å². The summed E-state index contributed by atoms with van der Waals surface area (Å²) in [6.07, 6.45) is 3.20. The molecule has 1 saturated heterocycles. The fourth-order valence-corrected chi connectivity index (χ4v) is 2.96. The van der Waals surface area contributed by atoms with Crippen LogP contribution >= 0.6 is 0 Å². The summed E-state index contributed by atoms with van der Waals surface area (Å²) < 4.78 is 11.3. The van der Waals surface area contributed by atoms with Crippen LogP contribution in [0.4, 0.5) is 0 Å². The number of nitrogens with zero attached hydrogens (tertiary/aromatic N) is 1. The van der Waals surface area contributed by atoms with Crippen molar-refractivity contribution < 1.29 is 14.3 Å². The van der Waals surface area contributed by atoms with Gasteiger partial charge < -0.3 is 14.8 Å². The summed E-state index contributed by atoms with van der Waals surface area (Å²) in [5.41, 5.74) is 1.42. The van der Waals surface area contributed by atoms with Crippen LogP contribution in [0.1, 0.15) is 42.6 Å². The molecule has 0 aliphatic carbocycles. The molecule has 0 spiro atoms. The maximum absolute atomic E-state index is 12.4. The Kier molecular flexibility index (Phi) is 5.34. The van der Waals surface area contributed by atoms with Gasteiger partial charge in [0.1, 0.15) is 6.61 Å². The summed E-state index contributed by atoms with van der Waals surface area (Å²) in [4.78, 5) is 16.6. The Morgan fingerprint density at radius 3 is 2.76 bits per heavy atom. The van der Waals surface area contributed by atoms with E-state index in [2.05, 4.69) is 10.3 Å². The molecule has 0 radical (unpaired) electrons. The number of ether oxygens (including phenoxy) is 2. The Labute approximate surface area is 148 Å². The van der Waals surface area contributed by atoms with Crippen LogP contribution < -0.4 is 10.1 Å². The number of rotatable bonds is 5. The molecule has 1 atom stereocenters. The van der Waals surface area contributed by atoms with E-state index in [1.807, 2.05) is 44.2 Å². The van der Waals surface area contributed by atoms with Gasteiger partial charge in [0.2, 0.25) is 5.88 Å². The number of carbonyl (C=O) groups excluding carboxylic acids is 1. The molecular weight excluding hydrogens is 316 g/mol. The maximum Gasteiger partial charge on any atom is 0.253 e. The Bertz CT molecular complexity index is 699. The van der Waals surface area contributed by atoms with E-state index in [-0.39, 0.29) is 17.6 Å². The first kappa shape index (κ1) is 17.4. The van der Waals surface area contributed by atoms with E-state index >= 15 is 0 Å². The maximum atomic E-state index is 12.4. The SMILES string of the molecule is CC1(C)CC(NC(=O)c2ccc(OCc3ccccc3)nc2)CCO1. The second kappa shape index (κ2) is 7.66. The van der Waals surface area contributed by atoms with Gasteiger partial charge in [0.15, 0.2) is 0 Å². The number of nitrogens with one attached hydrogen (secondary N) is 1. The highest BCUT2D eigenvalue weighted by atomic mass is 16.5. The lowest BCUT2D eigenvalue weighted by Crippen LogP contribution is -2.45. The van der Waals surface area contributed by atoms with Crippen LogP contribution in [0.3, 0.4) is 0 Å². The third kappa shape index (κ3) is 5.03. The Morgan fingerprint density at radius 1 is 1.28 bits per heavy atom. The van der Waals surface area contributed by atoms with E-state index in [9.17, 15) is 4.79 Å². The van der Waals surface area contributed by atoms with Crippen molar-refractivity contribution in [3.8, 4) is 5.88 Å². The van der Waals surface area contributed by atoms with Gasteiger partial charge in [-0.05, 0) is 38.3 Å². The van der Waals surface area contributed by atoms with Gasteiger partial charge in [-0.2, -0.15) is 0 Å². The monoisotopic (exact) mass is 340 g/mol. The van der Waals surface area contributed by atoms with Crippen molar-refractivity contribution in [3.05, 3.63) is 59.8 Å². The molecule has 2 aromatic rings. The highest BCUT2D eigenvalue weighted by Gasteiger charge is 2.29. The van der Waals surface area contributed by atoms with E-state index in [0.717, 1.165) is 18.4 Å². The molecule has 1 aromatic carbocycles. The first-order valence-corrected chi connectivity index (χ1v) is 8.59. The number of benzene rings is 1. The molecule has 1 unspecified atom stereocenters. The summed E-state index contributed by atoms with van der Waals surface area (Å²) in [5.74, 6) is 0.400. The number of aromatic nitrogens is 1. The highest BCUT2D eigenvalue weighted by molar-refractivity contribution is 5.94. The lowest BCUT2D eigenvalue weighted by molar-refractivity contribution is -0.0615. The van der Waals surface area contributed by atoms with E-state index < -0.39 is 0 Å². The molecule has 1 aliphatic rings. The Morgan fingerprint density at radius 2 is 2.08 bits per heavy atom. The van der Waals surface area contributed by atoms with Crippen molar-refractivity contribution in [1.82, 2.24) is 10.3 Å². The zero-order chi connectivity index (χ0) is 17.7. The molecule has 3 rings (SSSR count). The van der Waals surface area contributed by atoms with Crippen molar-refractivity contribution in [2.24, 2.45) is 0 Å². The van der Waals surface area contributed by atoms with Gasteiger partial charge in [0.25, 0.3) is 5.91 Å². The fraction of sp³-hybridized carbons (Fsp3) is 0.400. The number of pyridine rings is 1. The first-order chi connectivity index (χ1) is 12.0. The molecule has 2 heterocycles. The molecule has 132 valence electrons. The van der Waals surface area contributed by atoms with Crippen LogP contribution in [0.5, 0.6) is 5.88 Å². The summed E-state index contributed by atoms with van der Waals surface area (Å²) in [6.45, 7) is 5.22. The molecule has 5 nitrogen and oxygen atoms in total. The van der Waals surface area contributed by atoms with Crippen molar-refractivity contribution >= 4 is 5.91 Å². The van der Waals surface area contributed by atoms with Crippen molar-refractivity contribution in [2.75, 3.05) is 6.61 Å². The molecule has 1 N–H and O–H groups in total. The largest absolute Gasteiger partial charge is 0.473 e. The molecule has 1 fully saturated rings. The molecular formula is C20H24N2O3. The average Bonchev–Trinajstić information content (AvgIpc) is 2.60. The van der Waals surface area contributed by atoms with E-state index in [0.29, 0.717) is 24.7 Å². The summed E-state index contributed by atoms with van der Waals surface area (Å²) >= 11 is 0. The number of hydrogen-bond donors (Lipinski definition) is 1. The Hall–Kier alpha value is -2.40. The quantitative estimate of drug-likeness (QED) is 0.907. The standard InChI is InChI=1S/C20H24N2O3/c1-20(2)12-17(10-11-25-20)22-19(23)16-8-9-18(21-13-16)24-14-15-6-4-3-5-7-15/h3-9,13,17H,10-12,14H2,1-2H3,(H,22,23). The molecule has 5 heteroatoms. The third-order valence-corrected chi connectivity index (χ3v) is 4.26.